The van der Waals surface area contributed by atoms with E-state index >= 15 is 0 Å². The highest BCUT2D eigenvalue weighted by Crippen LogP contribution is 2.48. The van der Waals surface area contributed by atoms with Gasteiger partial charge in [-0.05, 0) is 35.9 Å². The second-order valence-electron chi connectivity index (χ2n) is 7.94. The van der Waals surface area contributed by atoms with Crippen molar-refractivity contribution in [2.75, 3.05) is 9.96 Å². The Balaban J connectivity index is 1.57. The molecular formula is C23H15ClN4O7. The zero-order chi connectivity index (χ0) is 24.9. The number of nitrogens with zero attached hydrogens (tertiary/aromatic N) is 4. The Bertz CT molecular complexity index is 1360. The van der Waals surface area contributed by atoms with Gasteiger partial charge in [-0.3, -0.25) is 34.7 Å². The highest BCUT2D eigenvalue weighted by molar-refractivity contribution is 6.30. The molecule has 11 nitrogen and oxygen atoms in total. The first kappa shape index (κ1) is 22.4. The Morgan fingerprint density at radius 2 is 1.46 bits per heavy atom. The highest BCUT2D eigenvalue weighted by atomic mass is 35.5. The number of nitro groups is 2. The van der Waals surface area contributed by atoms with Crippen molar-refractivity contribution in [2.24, 2.45) is 5.92 Å². The van der Waals surface area contributed by atoms with Gasteiger partial charge in [0.1, 0.15) is 5.92 Å². The molecule has 0 spiro atoms. The summed E-state index contributed by atoms with van der Waals surface area (Å²) in [6.07, 6.45) is -1.20. The lowest BCUT2D eigenvalue weighted by atomic mass is 9.90. The van der Waals surface area contributed by atoms with Crippen LogP contribution in [0.25, 0.3) is 0 Å². The summed E-state index contributed by atoms with van der Waals surface area (Å²) >= 11 is 6.00. The van der Waals surface area contributed by atoms with Crippen molar-refractivity contribution in [1.29, 1.82) is 0 Å². The van der Waals surface area contributed by atoms with Crippen molar-refractivity contribution >= 4 is 46.2 Å². The van der Waals surface area contributed by atoms with Crippen LogP contribution >= 0.6 is 11.6 Å². The fourth-order valence-electron chi connectivity index (χ4n) is 4.36. The predicted molar refractivity (Wildman–Crippen MR) is 124 cm³/mol. The second kappa shape index (κ2) is 8.46. The van der Waals surface area contributed by atoms with Gasteiger partial charge in [0.25, 0.3) is 17.3 Å². The number of hydrogen-bond donors (Lipinski definition) is 0. The first-order valence-corrected chi connectivity index (χ1v) is 10.7. The standard InChI is InChI=1S/C23H15ClN4O7/c24-14-6-10-15(11-7-14)26-20(13-4-8-16(9-5-13)27(31)32)19-21(35-26)23(30)25(22(19)29)17-2-1-3-18(12-17)28(33)34/h1-12,19-21H/t19-,20+,21-/m0/s1. The van der Waals surface area contributed by atoms with Crippen molar-refractivity contribution in [3.05, 3.63) is 104 Å². The van der Waals surface area contributed by atoms with Gasteiger partial charge in [-0.2, -0.15) is 0 Å². The molecule has 0 radical (unpaired) electrons. The summed E-state index contributed by atoms with van der Waals surface area (Å²) in [5.74, 6) is -2.26. The zero-order valence-electron chi connectivity index (χ0n) is 17.7. The summed E-state index contributed by atoms with van der Waals surface area (Å²) < 4.78 is 0. The molecule has 2 amide bonds. The summed E-state index contributed by atoms with van der Waals surface area (Å²) in [6.45, 7) is 0. The maximum absolute atomic E-state index is 13.6. The minimum atomic E-state index is -1.20. The number of nitro benzene ring substituents is 2. The van der Waals surface area contributed by atoms with Crippen molar-refractivity contribution in [3.63, 3.8) is 0 Å². The molecule has 2 fully saturated rings. The summed E-state index contributed by atoms with van der Waals surface area (Å²) in [5.41, 5.74) is 0.701. The molecule has 35 heavy (non-hydrogen) atoms. The third-order valence-electron chi connectivity index (χ3n) is 5.94. The van der Waals surface area contributed by atoms with E-state index in [0.717, 1.165) is 11.0 Å². The van der Waals surface area contributed by atoms with Crippen LogP contribution in [0.4, 0.5) is 22.7 Å². The van der Waals surface area contributed by atoms with Gasteiger partial charge in [0.15, 0.2) is 6.10 Å². The Hall–Kier alpha value is -4.35. The van der Waals surface area contributed by atoms with E-state index < -0.39 is 39.7 Å². The molecule has 0 unspecified atom stereocenters. The summed E-state index contributed by atoms with van der Waals surface area (Å²) in [4.78, 5) is 54.9. The number of hydroxylamine groups is 1. The number of hydrogen-bond acceptors (Lipinski definition) is 8. The largest absolute Gasteiger partial charge is 0.273 e. The number of anilines is 2. The monoisotopic (exact) mass is 494 g/mol. The Morgan fingerprint density at radius 3 is 2.09 bits per heavy atom. The molecule has 5 rings (SSSR count). The third-order valence-corrected chi connectivity index (χ3v) is 6.19. The third kappa shape index (κ3) is 3.76. The lowest BCUT2D eigenvalue weighted by Crippen LogP contribution is -2.37. The van der Waals surface area contributed by atoms with E-state index in [-0.39, 0.29) is 17.1 Å². The topological polar surface area (TPSA) is 136 Å². The molecule has 3 aromatic rings. The molecule has 0 aromatic heterocycles. The Labute approximate surface area is 202 Å². The molecule has 176 valence electrons. The second-order valence-corrected chi connectivity index (χ2v) is 8.37. The van der Waals surface area contributed by atoms with Gasteiger partial charge in [-0.25, -0.2) is 9.96 Å². The molecule has 3 aromatic carbocycles. The van der Waals surface area contributed by atoms with Crippen LogP contribution in [0.15, 0.2) is 72.8 Å². The molecule has 2 aliphatic heterocycles. The van der Waals surface area contributed by atoms with Gasteiger partial charge in [0.2, 0.25) is 5.91 Å². The van der Waals surface area contributed by atoms with Gasteiger partial charge < -0.3 is 0 Å². The van der Waals surface area contributed by atoms with Crippen LogP contribution in [-0.4, -0.2) is 27.8 Å². The Morgan fingerprint density at radius 1 is 0.800 bits per heavy atom. The number of fused-ring (bicyclic) bond motifs is 1. The molecule has 2 heterocycles. The van der Waals surface area contributed by atoms with E-state index in [1.165, 1.54) is 47.5 Å². The maximum Gasteiger partial charge on any atom is 0.271 e. The SMILES string of the molecule is O=C1[C@@H]2[C@H](ON(c3ccc(Cl)cc3)[C@@H]2c2ccc([N+](=O)[O-])cc2)C(=O)N1c1cccc([N+](=O)[O-])c1. The zero-order valence-corrected chi connectivity index (χ0v) is 18.4. The van der Waals surface area contributed by atoms with E-state index in [2.05, 4.69) is 0 Å². The fourth-order valence-corrected chi connectivity index (χ4v) is 4.48. The van der Waals surface area contributed by atoms with E-state index in [0.29, 0.717) is 16.3 Å². The van der Waals surface area contributed by atoms with Gasteiger partial charge >= 0.3 is 0 Å². The normalized spacial score (nSPS) is 21.3. The van der Waals surface area contributed by atoms with E-state index in [1.54, 1.807) is 24.3 Å². The number of non-ortho nitro benzene ring substituents is 2. The highest BCUT2D eigenvalue weighted by Gasteiger charge is 2.60. The van der Waals surface area contributed by atoms with Gasteiger partial charge in [-0.1, -0.05) is 29.8 Å². The number of carbonyl (C=O) groups excluding carboxylic acids is 2. The lowest BCUT2D eigenvalue weighted by Gasteiger charge is -2.28. The van der Waals surface area contributed by atoms with E-state index in [4.69, 9.17) is 16.4 Å². The number of amides is 2. The first-order valence-electron chi connectivity index (χ1n) is 10.3. The van der Waals surface area contributed by atoms with E-state index in [1.807, 2.05) is 0 Å². The number of carbonyl (C=O) groups is 2. The van der Waals surface area contributed by atoms with Gasteiger partial charge in [-0.15, -0.1) is 0 Å². The number of imide groups is 1. The van der Waals surface area contributed by atoms with Crippen LogP contribution < -0.4 is 9.96 Å². The van der Waals surface area contributed by atoms with Gasteiger partial charge in [0.05, 0.1) is 27.3 Å². The van der Waals surface area contributed by atoms with Crippen LogP contribution in [0.1, 0.15) is 11.6 Å². The maximum atomic E-state index is 13.6. The molecule has 0 aliphatic carbocycles. The quantitative estimate of drug-likeness (QED) is 0.292. The summed E-state index contributed by atoms with van der Waals surface area (Å²) in [7, 11) is 0. The minimum Gasteiger partial charge on any atom is -0.273 e. The molecule has 2 saturated heterocycles. The molecule has 12 heteroatoms. The smallest absolute Gasteiger partial charge is 0.271 e. The predicted octanol–water partition coefficient (Wildman–Crippen LogP) is 4.21. The van der Waals surface area contributed by atoms with E-state index in [9.17, 15) is 29.8 Å². The average molecular weight is 495 g/mol. The summed E-state index contributed by atoms with van der Waals surface area (Å²) in [6, 6.07) is 16.6. The van der Waals surface area contributed by atoms with Crippen molar-refractivity contribution in [1.82, 2.24) is 0 Å². The molecule has 0 bridgehead atoms. The first-order chi connectivity index (χ1) is 16.8. The van der Waals surface area contributed by atoms with Crippen LogP contribution in [0.2, 0.25) is 5.02 Å². The lowest BCUT2D eigenvalue weighted by molar-refractivity contribution is -0.385. The van der Waals surface area contributed by atoms with Crippen molar-refractivity contribution in [2.45, 2.75) is 12.1 Å². The number of benzene rings is 3. The molecule has 2 aliphatic rings. The van der Waals surface area contributed by atoms with Crippen molar-refractivity contribution < 1.29 is 24.3 Å². The molecule has 0 saturated carbocycles. The van der Waals surface area contributed by atoms with Crippen LogP contribution in [0.3, 0.4) is 0 Å². The molecule has 0 N–H and O–H groups in total. The number of halogens is 1. The van der Waals surface area contributed by atoms with Crippen LogP contribution in [0.5, 0.6) is 0 Å². The van der Waals surface area contributed by atoms with Gasteiger partial charge in [0, 0.05) is 29.3 Å². The average Bonchev–Trinajstić information content (AvgIpc) is 3.35. The minimum absolute atomic E-state index is 0.0627. The molecule has 3 atom stereocenters. The summed E-state index contributed by atoms with van der Waals surface area (Å²) in [5, 5.41) is 24.2. The van der Waals surface area contributed by atoms with Crippen molar-refractivity contribution in [3.8, 4) is 0 Å². The number of rotatable bonds is 5. The van der Waals surface area contributed by atoms with Crippen LogP contribution in [-0.2, 0) is 14.4 Å². The Kier molecular flexibility index (Phi) is 5.42. The molecular weight excluding hydrogens is 480 g/mol. The van der Waals surface area contributed by atoms with Crippen LogP contribution in [0, 0.1) is 26.1 Å². The fraction of sp³-hybridized carbons (Fsp3) is 0.130.